The van der Waals surface area contributed by atoms with Crippen molar-refractivity contribution in [2.24, 2.45) is 5.92 Å². The zero-order valence-electron chi connectivity index (χ0n) is 24.2. The van der Waals surface area contributed by atoms with Crippen LogP contribution in [0.4, 0.5) is 15.3 Å². The third-order valence-corrected chi connectivity index (χ3v) is 9.03. The van der Waals surface area contributed by atoms with Crippen molar-refractivity contribution in [3.8, 4) is 5.75 Å². The van der Waals surface area contributed by atoms with Crippen LogP contribution in [0.2, 0.25) is 0 Å². The molecule has 0 spiro atoms. The molecule has 2 aromatic rings. The zero-order chi connectivity index (χ0) is 29.1. The fourth-order valence-electron chi connectivity index (χ4n) is 6.63. The van der Waals surface area contributed by atoms with Gasteiger partial charge in [-0.05, 0) is 68.1 Å². The van der Waals surface area contributed by atoms with Gasteiger partial charge in [-0.3, -0.25) is 9.69 Å². The number of hydrogen-bond acceptors (Lipinski definition) is 8. The number of fused-ring (bicyclic) bond motifs is 1. The number of methoxy groups -OCH3 is 1. The van der Waals surface area contributed by atoms with Gasteiger partial charge in [0.1, 0.15) is 11.8 Å². The summed E-state index contributed by atoms with van der Waals surface area (Å²) >= 11 is 0. The third kappa shape index (κ3) is 6.03. The minimum Gasteiger partial charge on any atom is -0.497 e. The third-order valence-electron chi connectivity index (χ3n) is 9.03. The van der Waals surface area contributed by atoms with Gasteiger partial charge in [-0.2, -0.15) is 0 Å². The van der Waals surface area contributed by atoms with Crippen molar-refractivity contribution in [1.82, 2.24) is 25.1 Å². The molecule has 4 fully saturated rings. The molecule has 4 amide bonds. The number of anilines is 1. The van der Waals surface area contributed by atoms with Gasteiger partial charge in [0.15, 0.2) is 0 Å². The number of carbonyl (C=O) groups excluding carboxylic acids is 3. The molecule has 2 atom stereocenters. The van der Waals surface area contributed by atoms with Crippen molar-refractivity contribution >= 4 is 23.7 Å². The molecule has 0 saturated carbocycles. The van der Waals surface area contributed by atoms with E-state index in [1.54, 1.807) is 16.9 Å². The lowest BCUT2D eigenvalue weighted by molar-refractivity contribution is -0.151. The second kappa shape index (κ2) is 12.6. The normalized spacial score (nSPS) is 23.7. The summed E-state index contributed by atoms with van der Waals surface area (Å²) in [6.07, 6.45) is 2.29. The summed E-state index contributed by atoms with van der Waals surface area (Å²) in [7, 11) is 1.63. The van der Waals surface area contributed by atoms with Crippen LogP contribution in [-0.2, 0) is 16.2 Å². The first-order valence-corrected chi connectivity index (χ1v) is 15.0. The molecule has 0 aromatic heterocycles. The van der Waals surface area contributed by atoms with Gasteiger partial charge in [-0.1, -0.05) is 35.4 Å². The Hall–Kier alpha value is -3.83. The molecule has 4 saturated heterocycles. The van der Waals surface area contributed by atoms with Crippen molar-refractivity contribution < 1.29 is 24.0 Å². The average molecular weight is 577 g/mol. The van der Waals surface area contributed by atoms with Crippen LogP contribution in [0.3, 0.4) is 0 Å². The lowest BCUT2D eigenvalue weighted by Gasteiger charge is -2.39. The van der Waals surface area contributed by atoms with Gasteiger partial charge in [-0.25, -0.2) is 9.59 Å². The van der Waals surface area contributed by atoms with Gasteiger partial charge < -0.3 is 29.6 Å². The maximum absolute atomic E-state index is 13.4. The van der Waals surface area contributed by atoms with E-state index in [0.29, 0.717) is 50.2 Å². The highest BCUT2D eigenvalue weighted by Crippen LogP contribution is 2.31. The monoisotopic (exact) mass is 576 g/mol. The van der Waals surface area contributed by atoms with Crippen LogP contribution in [0.1, 0.15) is 24.8 Å². The molecule has 4 aliphatic heterocycles. The van der Waals surface area contributed by atoms with Crippen LogP contribution in [0.25, 0.3) is 0 Å². The van der Waals surface area contributed by atoms with Crippen LogP contribution in [0.5, 0.6) is 5.75 Å². The van der Waals surface area contributed by atoms with E-state index in [1.165, 1.54) is 5.56 Å². The van der Waals surface area contributed by atoms with Gasteiger partial charge in [0.2, 0.25) is 0 Å². The van der Waals surface area contributed by atoms with Crippen LogP contribution in [-0.4, -0.2) is 109 Å². The number of amides is 4. The number of hydroxylamine groups is 2. The highest BCUT2D eigenvalue weighted by Gasteiger charge is 2.52. The minimum absolute atomic E-state index is 0.109. The molecule has 2 aromatic carbocycles. The molecule has 42 heavy (non-hydrogen) atoms. The topological polar surface area (TPSA) is 97.9 Å². The first-order valence-electron chi connectivity index (χ1n) is 15.0. The fraction of sp³-hybridized carbons (Fsp3) is 0.516. The lowest BCUT2D eigenvalue weighted by Crippen LogP contribution is -2.57. The minimum atomic E-state index is -0.666. The van der Waals surface area contributed by atoms with Gasteiger partial charge in [0, 0.05) is 57.5 Å². The predicted octanol–water partition coefficient (Wildman–Crippen LogP) is 2.78. The quantitative estimate of drug-likeness (QED) is 0.503. The molecule has 4 aliphatic rings. The number of rotatable bonds is 7. The second-order valence-electron chi connectivity index (χ2n) is 11.6. The number of imide groups is 1. The molecule has 4 heterocycles. The van der Waals surface area contributed by atoms with E-state index in [1.807, 2.05) is 30.3 Å². The Labute approximate surface area is 246 Å². The number of piperazine rings is 2. The second-order valence-corrected chi connectivity index (χ2v) is 11.6. The van der Waals surface area contributed by atoms with Gasteiger partial charge in [0.25, 0.3) is 5.91 Å². The number of nitrogens with zero attached hydrogens (tertiary/aromatic N) is 5. The van der Waals surface area contributed by atoms with E-state index in [9.17, 15) is 14.4 Å². The Bertz CT molecular complexity index is 1240. The molecule has 6 rings (SSSR count). The number of nitrogens with one attached hydrogen (secondary N) is 1. The number of ether oxygens (including phenoxy) is 1. The van der Waals surface area contributed by atoms with E-state index < -0.39 is 24.1 Å². The van der Waals surface area contributed by atoms with Crippen molar-refractivity contribution in [2.75, 3.05) is 64.4 Å². The molecule has 11 heteroatoms. The predicted molar refractivity (Wildman–Crippen MR) is 157 cm³/mol. The largest absolute Gasteiger partial charge is 0.497 e. The number of carbonyl (C=O) groups is 3. The zero-order valence-corrected chi connectivity index (χ0v) is 24.2. The summed E-state index contributed by atoms with van der Waals surface area (Å²) in [4.78, 5) is 53.0. The van der Waals surface area contributed by atoms with Gasteiger partial charge >= 0.3 is 12.1 Å². The molecule has 11 nitrogen and oxygen atoms in total. The lowest BCUT2D eigenvalue weighted by atomic mass is 9.88. The van der Waals surface area contributed by atoms with E-state index in [-0.39, 0.29) is 6.04 Å². The summed E-state index contributed by atoms with van der Waals surface area (Å²) < 4.78 is 5.23. The summed E-state index contributed by atoms with van der Waals surface area (Å²) in [5.74, 6) is 0.794. The highest BCUT2D eigenvalue weighted by molar-refractivity contribution is 6.04. The van der Waals surface area contributed by atoms with E-state index >= 15 is 0 Å². The Balaban J connectivity index is 1.00. The molecule has 224 valence electrons. The maximum Gasteiger partial charge on any atom is 0.434 e. The fourth-order valence-corrected chi connectivity index (χ4v) is 6.63. The number of hydrogen-bond donors (Lipinski definition) is 1. The molecular weight excluding hydrogens is 536 g/mol. The Morgan fingerprint density at radius 2 is 1.62 bits per heavy atom. The average Bonchev–Trinajstić information content (AvgIpc) is 3.28. The highest BCUT2D eigenvalue weighted by atomic mass is 16.7. The standard InChI is InChI=1S/C31H40N6O5/c1-41-27-9-7-25(8-10-27)34-15-17-35(18-16-34)31(40)42-37-29(38)28-21-32-20-26(36(28)30(37)39)19-23-11-13-33(14-12-23)22-24-5-3-2-4-6-24/h2-10,23,26,28,32H,11-22H2,1H3. The van der Waals surface area contributed by atoms with E-state index in [2.05, 4.69) is 39.4 Å². The molecule has 0 bridgehead atoms. The number of urea groups is 1. The van der Waals surface area contributed by atoms with Crippen molar-refractivity contribution in [3.05, 3.63) is 60.2 Å². The van der Waals surface area contributed by atoms with Crippen LogP contribution < -0.4 is 15.0 Å². The summed E-state index contributed by atoms with van der Waals surface area (Å²) in [6, 6.07) is 17.0. The molecule has 1 N–H and O–H groups in total. The van der Waals surface area contributed by atoms with Crippen LogP contribution >= 0.6 is 0 Å². The van der Waals surface area contributed by atoms with Gasteiger partial charge in [-0.15, -0.1) is 0 Å². The Morgan fingerprint density at radius 3 is 2.31 bits per heavy atom. The smallest absolute Gasteiger partial charge is 0.434 e. The SMILES string of the molecule is COc1ccc(N2CCN(C(=O)ON3C(=O)C4CNCC(CC5CCN(Cc6ccccc6)CC5)N4C3=O)CC2)cc1. The molecule has 0 radical (unpaired) electrons. The van der Waals surface area contributed by atoms with E-state index in [4.69, 9.17) is 9.57 Å². The Kier molecular flexibility index (Phi) is 8.48. The summed E-state index contributed by atoms with van der Waals surface area (Å²) in [6.45, 7) is 6.10. The number of benzene rings is 2. The van der Waals surface area contributed by atoms with Crippen molar-refractivity contribution in [3.63, 3.8) is 0 Å². The van der Waals surface area contributed by atoms with Crippen LogP contribution in [0, 0.1) is 5.92 Å². The molecular formula is C31H40N6O5. The summed E-state index contributed by atoms with van der Waals surface area (Å²) in [5.41, 5.74) is 2.37. The van der Waals surface area contributed by atoms with Crippen molar-refractivity contribution in [1.29, 1.82) is 0 Å². The molecule has 0 aliphatic carbocycles. The Morgan fingerprint density at radius 1 is 0.905 bits per heavy atom. The number of piperidine rings is 1. The van der Waals surface area contributed by atoms with Gasteiger partial charge in [0.05, 0.1) is 7.11 Å². The van der Waals surface area contributed by atoms with E-state index in [0.717, 1.165) is 50.3 Å². The van der Waals surface area contributed by atoms with Crippen LogP contribution in [0.15, 0.2) is 54.6 Å². The number of likely N-dealkylation sites (tertiary alicyclic amines) is 1. The van der Waals surface area contributed by atoms with Crippen molar-refractivity contribution in [2.45, 2.75) is 37.9 Å². The maximum atomic E-state index is 13.4. The molecule has 2 unspecified atom stereocenters. The first-order chi connectivity index (χ1) is 20.5. The summed E-state index contributed by atoms with van der Waals surface area (Å²) in [5, 5.41) is 4.04. The first kappa shape index (κ1) is 28.3.